The number of carbonyl (C=O) groups excluding carboxylic acids is 2. The van der Waals surface area contributed by atoms with Crippen molar-refractivity contribution in [2.75, 3.05) is 18.5 Å². The van der Waals surface area contributed by atoms with Gasteiger partial charge in [-0.3, -0.25) is 14.5 Å². The van der Waals surface area contributed by atoms with Crippen LogP contribution in [-0.2, 0) is 4.79 Å². The number of halogens is 1. The van der Waals surface area contributed by atoms with Crippen LogP contribution in [0.3, 0.4) is 0 Å². The summed E-state index contributed by atoms with van der Waals surface area (Å²) in [6.07, 6.45) is 4.70. The van der Waals surface area contributed by atoms with Gasteiger partial charge in [0.05, 0.1) is 10.4 Å². The van der Waals surface area contributed by atoms with Crippen LogP contribution in [0.4, 0.5) is 10.5 Å². The van der Waals surface area contributed by atoms with Gasteiger partial charge in [0.25, 0.3) is 11.1 Å². The minimum atomic E-state index is -0.235. The lowest BCUT2D eigenvalue weighted by Crippen LogP contribution is -2.42. The zero-order valence-electron chi connectivity index (χ0n) is 15.7. The van der Waals surface area contributed by atoms with Crippen LogP contribution in [0.5, 0.6) is 0 Å². The molecular weight excluding hydrogens is 368 g/mol. The minimum Gasteiger partial charge on any atom is -0.365 e. The lowest BCUT2D eigenvalue weighted by atomic mass is 9.88. The molecule has 1 fully saturated rings. The number of allylic oxidation sites excluding steroid dienone is 1. The smallest absolute Gasteiger partial charge is 0.293 e. The second-order valence-corrected chi connectivity index (χ2v) is 8.66. The standard InChI is InChI=1S/C20H23ClN2O2S/c1-6-7-23-18(24)17(26-19(23)25)9-13-8-14-12(2)11-20(3,4)22(5)16(14)10-15(13)21/h8-11H,6-7H2,1-5H3/b17-9-. The third kappa shape index (κ3) is 3.19. The molecule has 0 atom stereocenters. The second-order valence-electron chi connectivity index (χ2n) is 7.26. The molecule has 0 aromatic heterocycles. The van der Waals surface area contributed by atoms with E-state index in [0.717, 1.165) is 35.0 Å². The van der Waals surface area contributed by atoms with Crippen LogP contribution >= 0.6 is 23.4 Å². The molecule has 4 nitrogen and oxygen atoms in total. The van der Waals surface area contributed by atoms with Crippen LogP contribution in [-0.4, -0.2) is 35.2 Å². The number of nitrogens with zero attached hydrogens (tertiary/aromatic N) is 2. The Morgan fingerprint density at radius 1 is 1.27 bits per heavy atom. The van der Waals surface area contributed by atoms with Crippen LogP contribution in [0.15, 0.2) is 23.1 Å². The van der Waals surface area contributed by atoms with E-state index in [1.165, 1.54) is 10.5 Å². The summed E-state index contributed by atoms with van der Waals surface area (Å²) >= 11 is 7.50. The van der Waals surface area contributed by atoms with Gasteiger partial charge in [0.2, 0.25) is 0 Å². The van der Waals surface area contributed by atoms with E-state index < -0.39 is 0 Å². The van der Waals surface area contributed by atoms with Gasteiger partial charge in [-0.2, -0.15) is 0 Å². The number of carbonyl (C=O) groups is 2. The van der Waals surface area contributed by atoms with Gasteiger partial charge in [0.15, 0.2) is 0 Å². The second kappa shape index (κ2) is 6.78. The number of fused-ring (bicyclic) bond motifs is 1. The quantitative estimate of drug-likeness (QED) is 0.646. The van der Waals surface area contributed by atoms with Crippen molar-refractivity contribution in [3.05, 3.63) is 39.3 Å². The Morgan fingerprint density at radius 2 is 1.96 bits per heavy atom. The lowest BCUT2D eigenvalue weighted by molar-refractivity contribution is -0.122. The summed E-state index contributed by atoms with van der Waals surface area (Å²) in [6, 6.07) is 3.94. The first-order valence-electron chi connectivity index (χ1n) is 8.68. The molecule has 138 valence electrons. The molecule has 0 saturated carbocycles. The summed E-state index contributed by atoms with van der Waals surface area (Å²) in [6.45, 7) is 8.79. The molecule has 6 heteroatoms. The zero-order chi connectivity index (χ0) is 19.2. The predicted octanol–water partition coefficient (Wildman–Crippen LogP) is 5.42. The molecule has 2 amide bonds. The summed E-state index contributed by atoms with van der Waals surface area (Å²) in [5.74, 6) is -0.235. The fourth-order valence-corrected chi connectivity index (χ4v) is 4.42. The van der Waals surface area contributed by atoms with E-state index in [-0.39, 0.29) is 16.7 Å². The fourth-order valence-electron chi connectivity index (χ4n) is 3.36. The van der Waals surface area contributed by atoms with Crippen molar-refractivity contribution in [3.8, 4) is 0 Å². The van der Waals surface area contributed by atoms with E-state index in [1.807, 2.05) is 26.1 Å². The molecule has 1 aromatic carbocycles. The number of rotatable bonds is 3. The van der Waals surface area contributed by atoms with E-state index in [2.05, 4.69) is 31.7 Å². The summed E-state index contributed by atoms with van der Waals surface area (Å²) in [7, 11) is 2.05. The van der Waals surface area contributed by atoms with Crippen molar-refractivity contribution in [2.24, 2.45) is 0 Å². The van der Waals surface area contributed by atoms with Gasteiger partial charge in [0, 0.05) is 29.9 Å². The van der Waals surface area contributed by atoms with E-state index >= 15 is 0 Å². The summed E-state index contributed by atoms with van der Waals surface area (Å²) < 4.78 is 0. The van der Waals surface area contributed by atoms with Gasteiger partial charge in [-0.1, -0.05) is 24.6 Å². The fraction of sp³-hybridized carbons (Fsp3) is 0.400. The molecule has 0 aliphatic carbocycles. The van der Waals surface area contributed by atoms with E-state index in [1.54, 1.807) is 6.08 Å². The van der Waals surface area contributed by atoms with Crippen molar-refractivity contribution < 1.29 is 9.59 Å². The van der Waals surface area contributed by atoms with E-state index in [4.69, 9.17) is 11.6 Å². The Morgan fingerprint density at radius 3 is 2.62 bits per heavy atom. The first-order valence-corrected chi connectivity index (χ1v) is 9.87. The molecule has 0 unspecified atom stereocenters. The number of thioether (sulfide) groups is 1. The monoisotopic (exact) mass is 390 g/mol. The normalized spacial score (nSPS) is 20.7. The highest BCUT2D eigenvalue weighted by atomic mass is 35.5. The number of amides is 2. The number of imide groups is 1. The highest BCUT2D eigenvalue weighted by Crippen LogP contribution is 2.42. The molecule has 3 rings (SSSR count). The maximum Gasteiger partial charge on any atom is 0.293 e. The predicted molar refractivity (Wildman–Crippen MR) is 111 cm³/mol. The molecule has 0 radical (unpaired) electrons. The van der Waals surface area contributed by atoms with Crippen molar-refractivity contribution in [2.45, 2.75) is 39.7 Å². The molecular formula is C20H23ClN2O2S. The molecule has 1 aromatic rings. The first-order chi connectivity index (χ1) is 12.2. The molecule has 2 aliphatic rings. The SMILES string of the molecule is CCCN1C(=O)S/C(=C\c2cc3c(cc2Cl)N(C)C(C)(C)C=C3C)C1=O. The molecule has 26 heavy (non-hydrogen) atoms. The van der Waals surface area contributed by atoms with Crippen LogP contribution in [0.25, 0.3) is 11.6 Å². The van der Waals surface area contributed by atoms with Crippen molar-refractivity contribution >= 4 is 51.8 Å². The zero-order valence-corrected chi connectivity index (χ0v) is 17.3. The third-order valence-electron chi connectivity index (χ3n) is 4.94. The topological polar surface area (TPSA) is 40.6 Å². The van der Waals surface area contributed by atoms with Crippen LogP contribution < -0.4 is 4.90 Å². The molecule has 2 aliphatic heterocycles. The van der Waals surface area contributed by atoms with Gasteiger partial charge >= 0.3 is 0 Å². The van der Waals surface area contributed by atoms with Gasteiger partial charge in [-0.25, -0.2) is 0 Å². The first kappa shape index (κ1) is 19.1. The lowest BCUT2D eigenvalue weighted by Gasteiger charge is -2.40. The molecule has 0 N–H and O–H groups in total. The average Bonchev–Trinajstić information content (AvgIpc) is 2.82. The Hall–Kier alpha value is -1.72. The van der Waals surface area contributed by atoms with Gasteiger partial charge in [-0.05, 0) is 68.3 Å². The molecule has 2 heterocycles. The summed E-state index contributed by atoms with van der Waals surface area (Å²) in [5, 5.41) is 0.359. The minimum absolute atomic E-state index is 0.0925. The number of likely N-dealkylation sites (N-methyl/N-ethyl adjacent to an activating group) is 1. The van der Waals surface area contributed by atoms with E-state index in [0.29, 0.717) is 16.5 Å². The molecule has 0 spiro atoms. The number of hydrogen-bond acceptors (Lipinski definition) is 4. The van der Waals surface area contributed by atoms with Gasteiger partial charge in [-0.15, -0.1) is 0 Å². The van der Waals surface area contributed by atoms with Crippen molar-refractivity contribution in [3.63, 3.8) is 0 Å². The summed E-state index contributed by atoms with van der Waals surface area (Å²) in [4.78, 5) is 28.4. The van der Waals surface area contributed by atoms with Crippen molar-refractivity contribution in [1.82, 2.24) is 4.90 Å². The molecule has 0 bridgehead atoms. The van der Waals surface area contributed by atoms with Crippen molar-refractivity contribution in [1.29, 1.82) is 0 Å². The van der Waals surface area contributed by atoms with Gasteiger partial charge < -0.3 is 4.90 Å². The largest absolute Gasteiger partial charge is 0.365 e. The number of anilines is 1. The third-order valence-corrected chi connectivity index (χ3v) is 6.18. The Kier molecular flexibility index (Phi) is 4.97. The summed E-state index contributed by atoms with van der Waals surface area (Å²) in [5.41, 5.74) is 4.00. The number of hydrogen-bond donors (Lipinski definition) is 0. The maximum atomic E-state index is 12.5. The van der Waals surface area contributed by atoms with Crippen LogP contribution in [0.2, 0.25) is 5.02 Å². The number of benzene rings is 1. The highest BCUT2D eigenvalue weighted by molar-refractivity contribution is 8.18. The van der Waals surface area contributed by atoms with E-state index in [9.17, 15) is 9.59 Å². The van der Waals surface area contributed by atoms with Crippen LogP contribution in [0.1, 0.15) is 45.2 Å². The average molecular weight is 391 g/mol. The highest BCUT2D eigenvalue weighted by Gasteiger charge is 2.35. The molecule has 1 saturated heterocycles. The van der Waals surface area contributed by atoms with Gasteiger partial charge in [0.1, 0.15) is 0 Å². The Labute approximate surface area is 163 Å². The Bertz CT molecular complexity index is 858. The van der Waals surface area contributed by atoms with Crippen LogP contribution in [0, 0.1) is 0 Å². The Balaban J connectivity index is 2.03. The maximum absolute atomic E-state index is 12.5.